The fraction of sp³-hybridized carbons (Fsp3) is 0.273. The Morgan fingerprint density at radius 3 is 2.44 bits per heavy atom. The van der Waals surface area contributed by atoms with Crippen molar-refractivity contribution in [2.24, 2.45) is 0 Å². The van der Waals surface area contributed by atoms with Gasteiger partial charge in [0, 0.05) is 6.42 Å². The van der Waals surface area contributed by atoms with E-state index in [1.807, 2.05) is 0 Å². The van der Waals surface area contributed by atoms with E-state index in [0.717, 1.165) is 6.07 Å². The van der Waals surface area contributed by atoms with Gasteiger partial charge in [0.05, 0.1) is 11.7 Å². The van der Waals surface area contributed by atoms with Gasteiger partial charge in [0.2, 0.25) is 0 Å². The highest BCUT2D eigenvalue weighted by Gasteiger charge is 2.31. The van der Waals surface area contributed by atoms with Gasteiger partial charge in [0.25, 0.3) is 0 Å². The van der Waals surface area contributed by atoms with Crippen LogP contribution in [0.5, 0.6) is 0 Å². The predicted octanol–water partition coefficient (Wildman–Crippen LogP) is 2.90. The molecular weight excluding hydrogens is 224 g/mol. The Labute approximate surface area is 89.7 Å². The molecule has 1 atom stereocenters. The zero-order valence-electron chi connectivity index (χ0n) is 8.05. The Hall–Kier alpha value is -1.54. The molecule has 1 N–H and O–H groups in total. The highest BCUT2D eigenvalue weighted by molar-refractivity contribution is 5.28. The second kappa shape index (κ2) is 4.54. The van der Waals surface area contributed by atoms with Gasteiger partial charge in [-0.3, -0.25) is 0 Å². The van der Waals surface area contributed by atoms with E-state index in [4.69, 9.17) is 6.42 Å². The Morgan fingerprint density at radius 1 is 1.31 bits per heavy atom. The van der Waals surface area contributed by atoms with Crippen molar-refractivity contribution in [3.8, 4) is 12.3 Å². The summed E-state index contributed by atoms with van der Waals surface area (Å²) < 4.78 is 49.8. The van der Waals surface area contributed by atoms with E-state index in [-0.39, 0.29) is 12.0 Å². The molecule has 16 heavy (non-hydrogen) atoms. The van der Waals surface area contributed by atoms with Crippen LogP contribution >= 0.6 is 0 Å². The number of halogens is 4. The zero-order chi connectivity index (χ0) is 12.3. The number of alkyl halides is 3. The van der Waals surface area contributed by atoms with Crippen LogP contribution in [0, 0.1) is 18.2 Å². The van der Waals surface area contributed by atoms with Gasteiger partial charge in [-0.2, -0.15) is 13.2 Å². The van der Waals surface area contributed by atoms with E-state index >= 15 is 0 Å². The molecular formula is C11H8F4O. The standard InChI is InChI=1S/C11H8F4O/c1-2-3-10(16)7-4-8(11(13,14)15)6-9(12)5-7/h1,4-6,10,16H,3H2. The molecule has 1 rings (SSSR count). The van der Waals surface area contributed by atoms with Crippen molar-refractivity contribution in [1.29, 1.82) is 0 Å². The molecule has 0 saturated carbocycles. The number of rotatable bonds is 2. The Morgan fingerprint density at radius 2 is 1.94 bits per heavy atom. The van der Waals surface area contributed by atoms with Crippen LogP contribution in [0.3, 0.4) is 0 Å². The van der Waals surface area contributed by atoms with Gasteiger partial charge in [0.1, 0.15) is 5.82 Å². The molecule has 0 fully saturated rings. The van der Waals surface area contributed by atoms with Gasteiger partial charge < -0.3 is 5.11 Å². The molecule has 0 bridgehead atoms. The second-order valence-corrected chi connectivity index (χ2v) is 3.20. The molecule has 1 aromatic rings. The van der Waals surface area contributed by atoms with Crippen LogP contribution in [-0.4, -0.2) is 5.11 Å². The van der Waals surface area contributed by atoms with Crippen LogP contribution in [0.4, 0.5) is 17.6 Å². The molecule has 1 nitrogen and oxygen atoms in total. The number of hydrogen-bond acceptors (Lipinski definition) is 1. The van der Waals surface area contributed by atoms with Gasteiger partial charge >= 0.3 is 6.18 Å². The van der Waals surface area contributed by atoms with E-state index in [9.17, 15) is 22.7 Å². The maximum absolute atomic E-state index is 12.9. The first-order valence-electron chi connectivity index (χ1n) is 4.34. The van der Waals surface area contributed by atoms with Gasteiger partial charge in [-0.1, -0.05) is 0 Å². The van der Waals surface area contributed by atoms with Crippen molar-refractivity contribution < 1.29 is 22.7 Å². The average molecular weight is 232 g/mol. The van der Waals surface area contributed by atoms with E-state index < -0.39 is 23.7 Å². The summed E-state index contributed by atoms with van der Waals surface area (Å²) in [5.74, 6) is 1.04. The Kier molecular flexibility index (Phi) is 3.55. The van der Waals surface area contributed by atoms with Crippen molar-refractivity contribution in [2.45, 2.75) is 18.7 Å². The number of terminal acetylenes is 1. The fourth-order valence-electron chi connectivity index (χ4n) is 1.20. The summed E-state index contributed by atoms with van der Waals surface area (Å²) >= 11 is 0. The number of hydrogen-bond donors (Lipinski definition) is 1. The van der Waals surface area contributed by atoms with E-state index in [1.54, 1.807) is 0 Å². The van der Waals surface area contributed by atoms with Crippen molar-refractivity contribution >= 4 is 0 Å². The normalized spacial score (nSPS) is 13.2. The quantitative estimate of drug-likeness (QED) is 0.614. The molecule has 86 valence electrons. The first-order chi connectivity index (χ1) is 7.34. The van der Waals surface area contributed by atoms with Gasteiger partial charge in [-0.05, 0) is 23.8 Å². The van der Waals surface area contributed by atoms with Crippen LogP contribution in [0.15, 0.2) is 18.2 Å². The van der Waals surface area contributed by atoms with Gasteiger partial charge in [0.15, 0.2) is 0 Å². The van der Waals surface area contributed by atoms with E-state index in [2.05, 4.69) is 5.92 Å². The molecule has 0 aliphatic rings. The van der Waals surface area contributed by atoms with Crippen molar-refractivity contribution in [3.63, 3.8) is 0 Å². The maximum atomic E-state index is 12.9. The van der Waals surface area contributed by atoms with Gasteiger partial charge in [-0.15, -0.1) is 12.3 Å². The summed E-state index contributed by atoms with van der Waals surface area (Å²) in [5.41, 5.74) is -1.32. The third-order valence-electron chi connectivity index (χ3n) is 1.94. The first-order valence-corrected chi connectivity index (χ1v) is 4.34. The van der Waals surface area contributed by atoms with Crippen molar-refractivity contribution in [3.05, 3.63) is 35.1 Å². The lowest BCUT2D eigenvalue weighted by Crippen LogP contribution is -2.08. The molecule has 0 amide bonds. The Balaban J connectivity index is 3.14. The molecule has 0 radical (unpaired) electrons. The van der Waals surface area contributed by atoms with Crippen LogP contribution in [0.25, 0.3) is 0 Å². The third kappa shape index (κ3) is 2.97. The van der Waals surface area contributed by atoms with Crippen molar-refractivity contribution in [1.82, 2.24) is 0 Å². The van der Waals surface area contributed by atoms with Crippen LogP contribution in [0.1, 0.15) is 23.7 Å². The highest BCUT2D eigenvalue weighted by atomic mass is 19.4. The first kappa shape index (κ1) is 12.5. The molecule has 0 spiro atoms. The molecule has 5 heteroatoms. The maximum Gasteiger partial charge on any atom is 0.416 e. The molecule has 0 saturated heterocycles. The second-order valence-electron chi connectivity index (χ2n) is 3.20. The number of benzene rings is 1. The minimum atomic E-state index is -4.65. The van der Waals surface area contributed by atoms with Crippen LogP contribution in [0.2, 0.25) is 0 Å². The molecule has 1 aromatic carbocycles. The molecule has 1 unspecified atom stereocenters. The molecule has 0 aliphatic carbocycles. The predicted molar refractivity (Wildman–Crippen MR) is 49.8 cm³/mol. The summed E-state index contributed by atoms with van der Waals surface area (Å²) in [5, 5.41) is 9.36. The SMILES string of the molecule is C#CCC(O)c1cc(F)cc(C(F)(F)F)c1. The third-order valence-corrected chi connectivity index (χ3v) is 1.94. The van der Waals surface area contributed by atoms with Crippen LogP contribution in [-0.2, 0) is 6.18 Å². The summed E-state index contributed by atoms with van der Waals surface area (Å²) in [6.45, 7) is 0. The summed E-state index contributed by atoms with van der Waals surface area (Å²) in [6.07, 6.45) is -1.20. The Bertz CT molecular complexity index is 417. The van der Waals surface area contributed by atoms with Crippen LogP contribution < -0.4 is 0 Å². The molecule has 0 aliphatic heterocycles. The van der Waals surface area contributed by atoms with E-state index in [1.165, 1.54) is 0 Å². The monoisotopic (exact) mass is 232 g/mol. The summed E-state index contributed by atoms with van der Waals surface area (Å²) in [6, 6.07) is 1.88. The zero-order valence-corrected chi connectivity index (χ0v) is 8.05. The lowest BCUT2D eigenvalue weighted by atomic mass is 10.0. The average Bonchev–Trinajstić information content (AvgIpc) is 2.16. The van der Waals surface area contributed by atoms with E-state index in [0.29, 0.717) is 12.1 Å². The van der Waals surface area contributed by atoms with Crippen molar-refractivity contribution in [2.75, 3.05) is 0 Å². The number of aliphatic hydroxyl groups excluding tert-OH is 1. The minimum absolute atomic E-state index is 0.166. The lowest BCUT2D eigenvalue weighted by molar-refractivity contribution is -0.137. The minimum Gasteiger partial charge on any atom is -0.387 e. The summed E-state index contributed by atoms with van der Waals surface area (Å²) in [7, 11) is 0. The van der Waals surface area contributed by atoms with Gasteiger partial charge in [-0.25, -0.2) is 4.39 Å². The lowest BCUT2D eigenvalue weighted by Gasteiger charge is -2.12. The largest absolute Gasteiger partial charge is 0.416 e. The molecule has 0 heterocycles. The summed E-state index contributed by atoms with van der Waals surface area (Å²) in [4.78, 5) is 0. The smallest absolute Gasteiger partial charge is 0.387 e. The molecule has 0 aromatic heterocycles. The number of aliphatic hydroxyl groups is 1. The topological polar surface area (TPSA) is 20.2 Å². The highest BCUT2D eigenvalue weighted by Crippen LogP contribution is 2.32. The fourth-order valence-corrected chi connectivity index (χ4v) is 1.20.